The number of halogens is 1. The van der Waals surface area contributed by atoms with Gasteiger partial charge in [0.15, 0.2) is 0 Å². The Kier molecular flexibility index (Phi) is 3.76. The van der Waals surface area contributed by atoms with E-state index in [1.54, 1.807) is 12.1 Å². The van der Waals surface area contributed by atoms with E-state index >= 15 is 0 Å². The van der Waals surface area contributed by atoms with Gasteiger partial charge in [0.05, 0.1) is 11.1 Å². The maximum atomic E-state index is 13.2. The van der Waals surface area contributed by atoms with Gasteiger partial charge in [0.25, 0.3) is 0 Å². The summed E-state index contributed by atoms with van der Waals surface area (Å²) in [5.41, 5.74) is 5.65. The molecule has 0 spiro atoms. The first-order valence-electron chi connectivity index (χ1n) is 6.99. The topological polar surface area (TPSA) is 52.3 Å². The molecule has 4 heteroatoms. The molecular weight excluding hydrogens is 257 g/mol. The molecule has 110 valence electrons. The van der Waals surface area contributed by atoms with E-state index in [0.717, 1.165) is 24.8 Å². The minimum absolute atomic E-state index is 0.126. The molecule has 0 bridgehead atoms. The highest BCUT2D eigenvalue weighted by Crippen LogP contribution is 2.45. The molecule has 0 aliphatic heterocycles. The molecule has 1 aromatic carbocycles. The summed E-state index contributed by atoms with van der Waals surface area (Å²) in [5, 5.41) is 0. The molecule has 0 heterocycles. The Hall–Kier alpha value is -1.58. The molecule has 1 aromatic rings. The lowest BCUT2D eigenvalue weighted by molar-refractivity contribution is -0.173. The molecule has 0 saturated heterocycles. The van der Waals surface area contributed by atoms with Gasteiger partial charge in [0.2, 0.25) is 0 Å². The number of carbonyl (C=O) groups excluding carboxylic acids is 1. The van der Waals surface area contributed by atoms with Gasteiger partial charge >= 0.3 is 5.97 Å². The van der Waals surface area contributed by atoms with Crippen LogP contribution in [0, 0.1) is 11.2 Å². The van der Waals surface area contributed by atoms with Gasteiger partial charge in [-0.3, -0.25) is 4.79 Å². The van der Waals surface area contributed by atoms with E-state index < -0.39 is 16.8 Å². The van der Waals surface area contributed by atoms with Crippen molar-refractivity contribution in [2.24, 2.45) is 5.41 Å². The maximum absolute atomic E-state index is 13.2. The number of esters is 1. The van der Waals surface area contributed by atoms with Gasteiger partial charge in [-0.15, -0.1) is 0 Å². The molecule has 1 saturated carbocycles. The summed E-state index contributed by atoms with van der Waals surface area (Å²) >= 11 is 0. The van der Waals surface area contributed by atoms with E-state index in [1.165, 1.54) is 6.07 Å². The Labute approximate surface area is 119 Å². The van der Waals surface area contributed by atoms with Crippen molar-refractivity contribution in [1.82, 2.24) is 0 Å². The lowest BCUT2D eigenvalue weighted by Gasteiger charge is -2.41. The van der Waals surface area contributed by atoms with Crippen molar-refractivity contribution < 1.29 is 13.9 Å². The SMILES string of the molecule is CC(C)(C)OC(=O)C1(Cc2ccc(F)c(N)c2)CCC1. The fourth-order valence-electron chi connectivity index (χ4n) is 2.54. The number of benzene rings is 1. The fourth-order valence-corrected chi connectivity index (χ4v) is 2.54. The third-order valence-electron chi connectivity index (χ3n) is 3.75. The highest BCUT2D eigenvalue weighted by molar-refractivity contribution is 5.78. The Morgan fingerprint density at radius 1 is 1.40 bits per heavy atom. The zero-order chi connectivity index (χ0) is 15.0. The molecule has 1 aliphatic rings. The average molecular weight is 279 g/mol. The van der Waals surface area contributed by atoms with Gasteiger partial charge in [-0.05, 0) is 57.7 Å². The van der Waals surface area contributed by atoms with E-state index in [-0.39, 0.29) is 11.7 Å². The highest BCUT2D eigenvalue weighted by atomic mass is 19.1. The van der Waals surface area contributed by atoms with Gasteiger partial charge in [-0.25, -0.2) is 4.39 Å². The number of carbonyl (C=O) groups is 1. The van der Waals surface area contributed by atoms with Crippen LogP contribution in [-0.4, -0.2) is 11.6 Å². The highest BCUT2D eigenvalue weighted by Gasteiger charge is 2.46. The maximum Gasteiger partial charge on any atom is 0.312 e. The summed E-state index contributed by atoms with van der Waals surface area (Å²) in [4.78, 5) is 12.4. The summed E-state index contributed by atoms with van der Waals surface area (Å²) in [7, 11) is 0. The molecule has 0 atom stereocenters. The third kappa shape index (κ3) is 3.11. The molecule has 1 fully saturated rings. The third-order valence-corrected chi connectivity index (χ3v) is 3.75. The number of ether oxygens (including phenoxy) is 1. The lowest BCUT2D eigenvalue weighted by atomic mass is 9.65. The quantitative estimate of drug-likeness (QED) is 0.681. The molecule has 2 N–H and O–H groups in total. The normalized spacial score (nSPS) is 17.4. The van der Waals surface area contributed by atoms with Crippen LogP contribution in [-0.2, 0) is 16.0 Å². The molecule has 20 heavy (non-hydrogen) atoms. The van der Waals surface area contributed by atoms with Crippen LogP contribution in [0.5, 0.6) is 0 Å². The zero-order valence-electron chi connectivity index (χ0n) is 12.3. The Morgan fingerprint density at radius 3 is 2.50 bits per heavy atom. The summed E-state index contributed by atoms with van der Waals surface area (Å²) in [5.74, 6) is -0.576. The standard InChI is InChI=1S/C16H22FNO2/c1-15(2,3)20-14(19)16(7-4-8-16)10-11-5-6-12(17)13(18)9-11/h5-6,9H,4,7-8,10,18H2,1-3H3. The van der Waals surface area contributed by atoms with Crippen LogP contribution < -0.4 is 5.73 Å². The van der Waals surface area contributed by atoms with Crippen LogP contribution in [0.3, 0.4) is 0 Å². The monoisotopic (exact) mass is 279 g/mol. The molecule has 0 amide bonds. The number of nitrogens with two attached hydrogens (primary N) is 1. The van der Waals surface area contributed by atoms with Crippen molar-refractivity contribution in [1.29, 1.82) is 0 Å². The summed E-state index contributed by atoms with van der Waals surface area (Å²) in [6.45, 7) is 5.60. The Morgan fingerprint density at radius 2 is 2.05 bits per heavy atom. The fraction of sp³-hybridized carbons (Fsp3) is 0.562. The van der Waals surface area contributed by atoms with Crippen LogP contribution in [0.4, 0.5) is 10.1 Å². The first-order chi connectivity index (χ1) is 9.22. The Bertz CT molecular complexity index is 516. The lowest BCUT2D eigenvalue weighted by Crippen LogP contribution is -2.44. The van der Waals surface area contributed by atoms with E-state index in [1.807, 2.05) is 20.8 Å². The number of hydrogen-bond donors (Lipinski definition) is 1. The molecule has 2 rings (SSSR count). The zero-order valence-corrected chi connectivity index (χ0v) is 12.3. The van der Waals surface area contributed by atoms with E-state index in [4.69, 9.17) is 10.5 Å². The van der Waals surface area contributed by atoms with Gasteiger partial charge in [0.1, 0.15) is 11.4 Å². The summed E-state index contributed by atoms with van der Waals surface area (Å²) < 4.78 is 18.7. The van der Waals surface area contributed by atoms with Crippen molar-refractivity contribution in [3.63, 3.8) is 0 Å². The van der Waals surface area contributed by atoms with E-state index in [2.05, 4.69) is 0 Å². The van der Waals surface area contributed by atoms with E-state index in [9.17, 15) is 9.18 Å². The second kappa shape index (κ2) is 5.08. The predicted octanol–water partition coefficient (Wildman–Crippen LogP) is 3.46. The molecule has 1 aliphatic carbocycles. The molecule has 0 radical (unpaired) electrons. The molecule has 0 aromatic heterocycles. The van der Waals surface area contributed by atoms with Gasteiger partial charge < -0.3 is 10.5 Å². The number of hydrogen-bond acceptors (Lipinski definition) is 3. The molecule has 3 nitrogen and oxygen atoms in total. The van der Waals surface area contributed by atoms with Gasteiger partial charge in [-0.1, -0.05) is 12.5 Å². The summed E-state index contributed by atoms with van der Waals surface area (Å²) in [6, 6.07) is 4.65. The van der Waals surface area contributed by atoms with Gasteiger partial charge in [0, 0.05) is 0 Å². The molecular formula is C16H22FNO2. The van der Waals surface area contributed by atoms with Crippen LogP contribution >= 0.6 is 0 Å². The summed E-state index contributed by atoms with van der Waals surface area (Å²) in [6.07, 6.45) is 3.22. The minimum atomic E-state index is -0.485. The number of rotatable bonds is 3. The smallest absolute Gasteiger partial charge is 0.312 e. The van der Waals surface area contributed by atoms with Gasteiger partial charge in [-0.2, -0.15) is 0 Å². The van der Waals surface area contributed by atoms with Crippen molar-refractivity contribution >= 4 is 11.7 Å². The van der Waals surface area contributed by atoms with Crippen LogP contribution in [0.15, 0.2) is 18.2 Å². The van der Waals surface area contributed by atoms with E-state index in [0.29, 0.717) is 6.42 Å². The second-order valence-corrected chi connectivity index (χ2v) is 6.67. The van der Waals surface area contributed by atoms with Crippen LogP contribution in [0.1, 0.15) is 45.6 Å². The van der Waals surface area contributed by atoms with Crippen LogP contribution in [0.2, 0.25) is 0 Å². The second-order valence-electron chi connectivity index (χ2n) is 6.67. The van der Waals surface area contributed by atoms with Crippen molar-refractivity contribution in [3.05, 3.63) is 29.6 Å². The minimum Gasteiger partial charge on any atom is -0.460 e. The number of nitrogen functional groups attached to an aromatic ring is 1. The van der Waals surface area contributed by atoms with Crippen molar-refractivity contribution in [2.75, 3.05) is 5.73 Å². The van der Waals surface area contributed by atoms with Crippen molar-refractivity contribution in [2.45, 2.75) is 52.1 Å². The largest absolute Gasteiger partial charge is 0.460 e. The van der Waals surface area contributed by atoms with Crippen molar-refractivity contribution in [3.8, 4) is 0 Å². The average Bonchev–Trinajstić information content (AvgIpc) is 2.25. The first kappa shape index (κ1) is 14.8. The first-order valence-corrected chi connectivity index (χ1v) is 6.99. The Balaban J connectivity index is 2.15. The number of anilines is 1. The van der Waals surface area contributed by atoms with Crippen LogP contribution in [0.25, 0.3) is 0 Å². The predicted molar refractivity (Wildman–Crippen MR) is 76.6 cm³/mol. The molecule has 0 unspecified atom stereocenters.